The van der Waals surface area contributed by atoms with Gasteiger partial charge in [-0.25, -0.2) is 0 Å². The minimum Gasteiger partial charge on any atom is -0.396 e. The number of carbonyl (C=O) groups is 1. The molecule has 4 rings (SSSR count). The monoisotopic (exact) mass is 379 g/mol. The van der Waals surface area contributed by atoms with Crippen LogP contribution < -0.4 is 0 Å². The van der Waals surface area contributed by atoms with E-state index in [1.165, 1.54) is 10.8 Å². The molecule has 1 aromatic heterocycles. The summed E-state index contributed by atoms with van der Waals surface area (Å²) in [5.41, 5.74) is 3.26. The number of hydrogen-bond donors (Lipinski definition) is 2. The summed E-state index contributed by atoms with van der Waals surface area (Å²) in [7, 11) is 4.12. The van der Waals surface area contributed by atoms with Gasteiger partial charge in [0.25, 0.3) is 0 Å². The highest BCUT2D eigenvalue weighted by Crippen LogP contribution is 2.27. The second-order valence-electron chi connectivity index (χ2n) is 8.44. The number of carbonyl (C=O) groups excluding carboxylic acids is 1. The van der Waals surface area contributed by atoms with Crippen LogP contribution in [0.4, 0.5) is 0 Å². The third-order valence-corrected chi connectivity index (χ3v) is 5.78. The highest BCUT2D eigenvalue weighted by atomic mass is 16.3. The van der Waals surface area contributed by atoms with E-state index in [-0.39, 0.29) is 18.4 Å². The molecule has 0 saturated carbocycles. The first-order valence-electron chi connectivity index (χ1n) is 10.1. The van der Waals surface area contributed by atoms with Crippen LogP contribution in [0.25, 0.3) is 21.8 Å². The van der Waals surface area contributed by atoms with Crippen LogP contribution in [0.2, 0.25) is 0 Å². The lowest BCUT2D eigenvalue weighted by molar-refractivity contribution is -0.133. The molecule has 3 aromatic rings. The van der Waals surface area contributed by atoms with Crippen LogP contribution in [0.1, 0.15) is 12.0 Å². The number of rotatable bonds is 5. The summed E-state index contributed by atoms with van der Waals surface area (Å²) >= 11 is 0. The van der Waals surface area contributed by atoms with Crippen LogP contribution in [0.5, 0.6) is 0 Å². The van der Waals surface area contributed by atoms with Gasteiger partial charge in [-0.15, -0.1) is 0 Å². The summed E-state index contributed by atoms with van der Waals surface area (Å²) in [5.74, 6) is 0.751. The number of aliphatic hydroxyl groups is 1. The lowest BCUT2D eigenvalue weighted by Crippen LogP contribution is -2.47. The second-order valence-corrected chi connectivity index (χ2v) is 8.44. The Bertz CT molecular complexity index is 978. The van der Waals surface area contributed by atoms with Crippen LogP contribution >= 0.6 is 0 Å². The predicted octanol–water partition coefficient (Wildman–Crippen LogP) is 2.88. The number of piperidine rings is 1. The maximum Gasteiger partial charge on any atom is 0.227 e. The molecule has 5 nitrogen and oxygen atoms in total. The Labute approximate surface area is 165 Å². The van der Waals surface area contributed by atoms with Crippen LogP contribution in [-0.4, -0.2) is 66.1 Å². The van der Waals surface area contributed by atoms with Crippen molar-refractivity contribution < 1.29 is 9.90 Å². The Morgan fingerprint density at radius 1 is 1.11 bits per heavy atom. The molecule has 2 aromatic carbocycles. The number of benzene rings is 2. The molecule has 2 N–H and O–H groups in total. The first kappa shape index (κ1) is 19.0. The fourth-order valence-corrected chi connectivity index (χ4v) is 4.59. The summed E-state index contributed by atoms with van der Waals surface area (Å²) in [6.07, 6.45) is 1.39. The molecule has 1 aliphatic rings. The molecule has 1 amide bonds. The quantitative estimate of drug-likeness (QED) is 0.717. The standard InChI is InChI=1S/C23H29N3O2/c1-25(2)12-17-9-18(15-27)14-26(13-17)23(28)11-16-7-8-22-20(10-16)19-5-3-4-6-21(19)24-22/h3-8,10,17-18,24,27H,9,11-15H2,1-2H3. The van der Waals surface area contributed by atoms with Gasteiger partial charge in [0.15, 0.2) is 0 Å². The SMILES string of the molecule is CN(C)CC1CC(CO)CN(C(=O)Cc2ccc3[nH]c4ccccc4c3c2)C1. The van der Waals surface area contributed by atoms with Crippen LogP contribution in [0, 0.1) is 11.8 Å². The van der Waals surface area contributed by atoms with E-state index < -0.39 is 0 Å². The van der Waals surface area contributed by atoms with Gasteiger partial charge in [-0.1, -0.05) is 24.3 Å². The van der Waals surface area contributed by atoms with Gasteiger partial charge < -0.3 is 19.9 Å². The maximum atomic E-state index is 13.0. The largest absolute Gasteiger partial charge is 0.396 e. The van der Waals surface area contributed by atoms with Crippen LogP contribution in [0.15, 0.2) is 42.5 Å². The summed E-state index contributed by atoms with van der Waals surface area (Å²) in [4.78, 5) is 20.6. The molecule has 5 heteroatoms. The van der Waals surface area contributed by atoms with Crippen molar-refractivity contribution in [2.24, 2.45) is 11.8 Å². The van der Waals surface area contributed by atoms with Crippen molar-refractivity contribution in [1.82, 2.24) is 14.8 Å². The topological polar surface area (TPSA) is 59.6 Å². The van der Waals surface area contributed by atoms with E-state index in [9.17, 15) is 9.90 Å². The highest BCUT2D eigenvalue weighted by Gasteiger charge is 2.29. The summed E-state index contributed by atoms with van der Waals surface area (Å²) in [6, 6.07) is 14.5. The van der Waals surface area contributed by atoms with E-state index in [2.05, 4.69) is 48.2 Å². The van der Waals surface area contributed by atoms with E-state index >= 15 is 0 Å². The minimum atomic E-state index is 0.148. The third-order valence-electron chi connectivity index (χ3n) is 5.78. The van der Waals surface area contributed by atoms with E-state index in [0.29, 0.717) is 18.9 Å². The van der Waals surface area contributed by atoms with E-state index in [0.717, 1.165) is 36.1 Å². The molecular weight excluding hydrogens is 350 g/mol. The van der Waals surface area contributed by atoms with Crippen molar-refractivity contribution in [3.63, 3.8) is 0 Å². The first-order valence-corrected chi connectivity index (χ1v) is 10.1. The average molecular weight is 380 g/mol. The zero-order valence-corrected chi connectivity index (χ0v) is 16.7. The van der Waals surface area contributed by atoms with Gasteiger partial charge in [0.1, 0.15) is 0 Å². The molecule has 28 heavy (non-hydrogen) atoms. The highest BCUT2D eigenvalue weighted by molar-refractivity contribution is 6.07. The van der Waals surface area contributed by atoms with Crippen molar-refractivity contribution in [2.45, 2.75) is 12.8 Å². The Morgan fingerprint density at radius 3 is 2.64 bits per heavy atom. The number of hydrogen-bond acceptors (Lipinski definition) is 3. The van der Waals surface area contributed by atoms with Crippen LogP contribution in [-0.2, 0) is 11.2 Å². The van der Waals surface area contributed by atoms with E-state index in [1.807, 2.05) is 23.1 Å². The minimum absolute atomic E-state index is 0.148. The molecule has 0 spiro atoms. The molecule has 2 atom stereocenters. The summed E-state index contributed by atoms with van der Waals surface area (Å²) in [5, 5.41) is 12.0. The molecule has 0 radical (unpaired) electrons. The van der Waals surface area contributed by atoms with Gasteiger partial charge in [0.05, 0.1) is 6.42 Å². The van der Waals surface area contributed by atoms with Crippen molar-refractivity contribution in [2.75, 3.05) is 40.3 Å². The lowest BCUT2D eigenvalue weighted by Gasteiger charge is -2.38. The molecule has 0 bridgehead atoms. The van der Waals surface area contributed by atoms with Gasteiger partial charge in [0.2, 0.25) is 5.91 Å². The van der Waals surface area contributed by atoms with Crippen molar-refractivity contribution in [3.8, 4) is 0 Å². The maximum absolute atomic E-state index is 13.0. The Morgan fingerprint density at radius 2 is 1.86 bits per heavy atom. The smallest absolute Gasteiger partial charge is 0.227 e. The number of H-pyrrole nitrogens is 1. The zero-order valence-electron chi connectivity index (χ0n) is 16.7. The van der Waals surface area contributed by atoms with Crippen molar-refractivity contribution in [3.05, 3.63) is 48.0 Å². The van der Waals surface area contributed by atoms with E-state index in [4.69, 9.17) is 0 Å². The summed E-state index contributed by atoms with van der Waals surface area (Å²) < 4.78 is 0. The van der Waals surface area contributed by atoms with E-state index in [1.54, 1.807) is 0 Å². The van der Waals surface area contributed by atoms with Crippen molar-refractivity contribution >= 4 is 27.7 Å². The number of amides is 1. The molecule has 1 saturated heterocycles. The van der Waals surface area contributed by atoms with Gasteiger partial charge in [-0.3, -0.25) is 4.79 Å². The Hall–Kier alpha value is -2.37. The Balaban J connectivity index is 1.52. The number of para-hydroxylation sites is 1. The number of aromatic nitrogens is 1. The number of fused-ring (bicyclic) bond motifs is 3. The average Bonchev–Trinajstić information content (AvgIpc) is 3.05. The lowest BCUT2D eigenvalue weighted by atomic mass is 9.89. The first-order chi connectivity index (χ1) is 13.5. The molecule has 2 heterocycles. The summed E-state index contributed by atoms with van der Waals surface area (Å²) in [6.45, 7) is 2.54. The van der Waals surface area contributed by atoms with Gasteiger partial charge in [-0.2, -0.15) is 0 Å². The molecule has 1 aliphatic heterocycles. The van der Waals surface area contributed by atoms with Crippen LogP contribution in [0.3, 0.4) is 0 Å². The normalized spacial score (nSPS) is 20.4. The number of aliphatic hydroxyl groups excluding tert-OH is 1. The van der Waals surface area contributed by atoms with Gasteiger partial charge in [0, 0.05) is 48.0 Å². The van der Waals surface area contributed by atoms with Crippen molar-refractivity contribution in [1.29, 1.82) is 0 Å². The second kappa shape index (κ2) is 7.94. The van der Waals surface area contributed by atoms with Gasteiger partial charge >= 0.3 is 0 Å². The predicted molar refractivity (Wildman–Crippen MR) is 113 cm³/mol. The fourth-order valence-electron chi connectivity index (χ4n) is 4.59. The molecule has 2 unspecified atom stereocenters. The Kier molecular flexibility index (Phi) is 5.38. The third kappa shape index (κ3) is 3.91. The molecule has 148 valence electrons. The number of likely N-dealkylation sites (tertiary alicyclic amines) is 1. The molecular formula is C23H29N3O2. The fraction of sp³-hybridized carbons (Fsp3) is 0.435. The number of aromatic amines is 1. The molecule has 1 fully saturated rings. The zero-order chi connectivity index (χ0) is 19.7. The molecule has 0 aliphatic carbocycles. The number of nitrogens with zero attached hydrogens (tertiary/aromatic N) is 2. The number of nitrogens with one attached hydrogen (secondary N) is 1. The van der Waals surface area contributed by atoms with Gasteiger partial charge in [-0.05, 0) is 56.1 Å².